The third kappa shape index (κ3) is 4.62. The maximum Gasteiger partial charge on any atom is 0.166 e. The van der Waals surface area contributed by atoms with Crippen molar-refractivity contribution in [1.29, 1.82) is 0 Å². The Morgan fingerprint density at radius 2 is 1.77 bits per heavy atom. The maximum atomic E-state index is 12.1. The summed E-state index contributed by atoms with van der Waals surface area (Å²) in [6.45, 7) is 2.14. The number of ketones is 1. The molecule has 0 bridgehead atoms. The summed E-state index contributed by atoms with van der Waals surface area (Å²) in [5, 5.41) is 10.0. The molecule has 0 radical (unpaired) electrons. The van der Waals surface area contributed by atoms with E-state index in [0.717, 1.165) is 25.7 Å². The zero-order chi connectivity index (χ0) is 15.8. The van der Waals surface area contributed by atoms with Gasteiger partial charge in [-0.1, -0.05) is 44.4 Å². The maximum absolute atomic E-state index is 12.1. The number of phenolic OH excluding ortho intramolecular Hbond substituents is 1. The lowest BCUT2D eigenvalue weighted by atomic mass is 10.0. The van der Waals surface area contributed by atoms with Crippen LogP contribution in [0.1, 0.15) is 49.4 Å². The molecule has 2 rings (SSSR count). The Balaban J connectivity index is 1.98. The third-order valence-corrected chi connectivity index (χ3v) is 3.51. The number of para-hydroxylation sites is 1. The summed E-state index contributed by atoms with van der Waals surface area (Å²) in [6.07, 6.45) is 4.69. The van der Waals surface area contributed by atoms with Gasteiger partial charge in [0.2, 0.25) is 0 Å². The summed E-state index contributed by atoms with van der Waals surface area (Å²) in [4.78, 5) is 12.1. The van der Waals surface area contributed by atoms with E-state index in [4.69, 9.17) is 4.74 Å². The van der Waals surface area contributed by atoms with Crippen LogP contribution in [0.3, 0.4) is 0 Å². The molecule has 3 nitrogen and oxygen atoms in total. The zero-order valence-electron chi connectivity index (χ0n) is 12.9. The molecule has 0 aromatic heterocycles. The number of phenols is 1. The number of carbonyl (C=O) groups is 1. The van der Waals surface area contributed by atoms with E-state index in [1.54, 1.807) is 12.1 Å². The van der Waals surface area contributed by atoms with E-state index >= 15 is 0 Å². The molecule has 0 fully saturated rings. The monoisotopic (exact) mass is 298 g/mol. The summed E-state index contributed by atoms with van der Waals surface area (Å²) in [5.41, 5.74) is 0.372. The van der Waals surface area contributed by atoms with Gasteiger partial charge >= 0.3 is 0 Å². The van der Waals surface area contributed by atoms with Gasteiger partial charge in [0.1, 0.15) is 17.2 Å². The fourth-order valence-corrected chi connectivity index (χ4v) is 2.28. The van der Waals surface area contributed by atoms with Crippen molar-refractivity contribution < 1.29 is 14.6 Å². The van der Waals surface area contributed by atoms with E-state index in [9.17, 15) is 9.90 Å². The Morgan fingerprint density at radius 1 is 1.00 bits per heavy atom. The van der Waals surface area contributed by atoms with Crippen molar-refractivity contribution in [1.82, 2.24) is 0 Å². The van der Waals surface area contributed by atoms with Crippen molar-refractivity contribution in [3.63, 3.8) is 0 Å². The molecule has 116 valence electrons. The van der Waals surface area contributed by atoms with Crippen LogP contribution >= 0.6 is 0 Å². The normalized spacial score (nSPS) is 10.4. The van der Waals surface area contributed by atoms with E-state index < -0.39 is 0 Å². The lowest BCUT2D eigenvalue weighted by Crippen LogP contribution is -1.99. The molecular weight excluding hydrogens is 276 g/mol. The van der Waals surface area contributed by atoms with Gasteiger partial charge < -0.3 is 9.84 Å². The molecule has 0 aliphatic heterocycles. The minimum absolute atomic E-state index is 0.0140. The Bertz CT molecular complexity index is 605. The molecule has 0 saturated heterocycles. The lowest BCUT2D eigenvalue weighted by Gasteiger charge is -2.08. The smallest absolute Gasteiger partial charge is 0.166 e. The summed E-state index contributed by atoms with van der Waals surface area (Å²) < 4.78 is 5.64. The molecule has 0 atom stereocenters. The Labute approximate surface area is 131 Å². The number of rotatable bonds is 8. The summed E-state index contributed by atoms with van der Waals surface area (Å²) in [6, 6.07) is 14.2. The van der Waals surface area contributed by atoms with Crippen LogP contribution < -0.4 is 4.74 Å². The molecule has 2 aromatic carbocycles. The lowest BCUT2D eigenvalue weighted by molar-refractivity contribution is 0.0976. The van der Waals surface area contributed by atoms with E-state index in [0.29, 0.717) is 23.5 Å². The molecule has 0 aliphatic rings. The highest BCUT2D eigenvalue weighted by Gasteiger charge is 2.12. The van der Waals surface area contributed by atoms with Gasteiger partial charge in [-0.2, -0.15) is 0 Å². The van der Waals surface area contributed by atoms with Crippen LogP contribution in [0.4, 0.5) is 0 Å². The first-order valence-corrected chi connectivity index (χ1v) is 7.80. The second-order valence-electron chi connectivity index (χ2n) is 5.33. The molecule has 0 heterocycles. The summed E-state index contributed by atoms with van der Waals surface area (Å²) in [5.74, 6) is 1.18. The number of aromatic hydroxyl groups is 1. The van der Waals surface area contributed by atoms with Crippen molar-refractivity contribution in [3.8, 4) is 17.2 Å². The van der Waals surface area contributed by atoms with Gasteiger partial charge in [-0.25, -0.2) is 0 Å². The van der Waals surface area contributed by atoms with E-state index in [2.05, 4.69) is 6.92 Å². The number of carbonyl (C=O) groups excluding carboxylic acids is 1. The van der Waals surface area contributed by atoms with Crippen molar-refractivity contribution in [2.45, 2.75) is 39.0 Å². The molecule has 0 unspecified atom stereocenters. The van der Waals surface area contributed by atoms with Gasteiger partial charge in [0.15, 0.2) is 5.78 Å². The van der Waals surface area contributed by atoms with Gasteiger partial charge in [-0.3, -0.25) is 4.79 Å². The average Bonchev–Trinajstić information content (AvgIpc) is 2.52. The third-order valence-electron chi connectivity index (χ3n) is 3.51. The highest BCUT2D eigenvalue weighted by molar-refractivity contribution is 5.98. The predicted octanol–water partition coefficient (Wildman–Crippen LogP) is 5.34. The van der Waals surface area contributed by atoms with E-state index in [1.807, 2.05) is 30.3 Å². The second kappa shape index (κ2) is 8.23. The molecule has 2 aromatic rings. The molecule has 0 spiro atoms. The minimum atomic E-state index is -0.0195. The van der Waals surface area contributed by atoms with E-state index in [1.165, 1.54) is 6.07 Å². The summed E-state index contributed by atoms with van der Waals surface area (Å²) in [7, 11) is 0. The first-order valence-electron chi connectivity index (χ1n) is 7.80. The number of unbranched alkanes of at least 4 members (excludes halogenated alkanes) is 3. The Kier molecular flexibility index (Phi) is 6.01. The average molecular weight is 298 g/mol. The van der Waals surface area contributed by atoms with Crippen molar-refractivity contribution in [3.05, 3.63) is 54.1 Å². The zero-order valence-corrected chi connectivity index (χ0v) is 12.9. The highest BCUT2D eigenvalue weighted by Crippen LogP contribution is 2.28. The molecule has 0 aliphatic carbocycles. The van der Waals surface area contributed by atoms with Crippen LogP contribution in [-0.4, -0.2) is 10.9 Å². The standard InChI is InChI=1S/C19H22O3/c1-2-3-4-8-11-18(20)17-13-12-16(14-19(17)21)22-15-9-6-5-7-10-15/h5-7,9-10,12-14,21H,2-4,8,11H2,1H3. The molecule has 0 saturated carbocycles. The van der Waals surface area contributed by atoms with Crippen molar-refractivity contribution in [2.75, 3.05) is 0 Å². The van der Waals surface area contributed by atoms with Gasteiger partial charge in [-0.15, -0.1) is 0 Å². The fourth-order valence-electron chi connectivity index (χ4n) is 2.28. The van der Waals surface area contributed by atoms with Crippen LogP contribution in [0.25, 0.3) is 0 Å². The number of Topliss-reactive ketones (excluding diaryl/α,β-unsaturated/α-hetero) is 1. The molecule has 22 heavy (non-hydrogen) atoms. The van der Waals surface area contributed by atoms with Gasteiger partial charge in [0.25, 0.3) is 0 Å². The first kappa shape index (κ1) is 16.1. The fraction of sp³-hybridized carbons (Fsp3) is 0.316. The van der Waals surface area contributed by atoms with Crippen LogP contribution in [-0.2, 0) is 0 Å². The number of hydrogen-bond acceptors (Lipinski definition) is 3. The minimum Gasteiger partial charge on any atom is -0.507 e. The molecular formula is C19H22O3. The molecule has 0 amide bonds. The predicted molar refractivity (Wildman–Crippen MR) is 87.7 cm³/mol. The highest BCUT2D eigenvalue weighted by atomic mass is 16.5. The van der Waals surface area contributed by atoms with Crippen LogP contribution in [0.15, 0.2) is 48.5 Å². The van der Waals surface area contributed by atoms with Gasteiger partial charge in [0.05, 0.1) is 5.56 Å². The van der Waals surface area contributed by atoms with Crippen LogP contribution in [0.2, 0.25) is 0 Å². The van der Waals surface area contributed by atoms with Crippen LogP contribution in [0, 0.1) is 0 Å². The number of ether oxygens (including phenoxy) is 1. The van der Waals surface area contributed by atoms with Crippen molar-refractivity contribution in [2.24, 2.45) is 0 Å². The van der Waals surface area contributed by atoms with Crippen LogP contribution in [0.5, 0.6) is 17.2 Å². The number of hydrogen-bond donors (Lipinski definition) is 1. The van der Waals surface area contributed by atoms with Gasteiger partial charge in [-0.05, 0) is 30.7 Å². The number of benzene rings is 2. The topological polar surface area (TPSA) is 46.5 Å². The van der Waals surface area contributed by atoms with E-state index in [-0.39, 0.29) is 11.5 Å². The SMILES string of the molecule is CCCCCCC(=O)c1ccc(Oc2ccccc2)cc1O. The van der Waals surface area contributed by atoms with Crippen molar-refractivity contribution >= 4 is 5.78 Å². The summed E-state index contributed by atoms with van der Waals surface area (Å²) >= 11 is 0. The Morgan fingerprint density at radius 3 is 2.45 bits per heavy atom. The quantitative estimate of drug-likeness (QED) is 0.528. The second-order valence-corrected chi connectivity index (χ2v) is 5.33. The Hall–Kier alpha value is -2.29. The largest absolute Gasteiger partial charge is 0.507 e. The molecule has 1 N–H and O–H groups in total. The van der Waals surface area contributed by atoms with Gasteiger partial charge in [0, 0.05) is 12.5 Å². The first-order chi connectivity index (χ1) is 10.7. The molecule has 3 heteroatoms.